The van der Waals surface area contributed by atoms with Crippen LogP contribution in [0.3, 0.4) is 0 Å². The first-order valence-corrected chi connectivity index (χ1v) is 6.84. The van der Waals surface area contributed by atoms with Crippen LogP contribution in [0, 0.1) is 0 Å². The van der Waals surface area contributed by atoms with E-state index in [1.54, 1.807) is 0 Å². The van der Waals surface area contributed by atoms with Crippen LogP contribution >= 0.6 is 35.0 Å². The molecule has 0 aliphatic heterocycles. The van der Waals surface area contributed by atoms with Crippen LogP contribution < -0.4 is 18.9 Å². The van der Waals surface area contributed by atoms with E-state index in [1.165, 1.54) is 5.91 Å². The predicted octanol–water partition coefficient (Wildman–Crippen LogP) is -0.390. The monoisotopic (exact) mass is 228 g/mol. The van der Waals surface area contributed by atoms with Crippen LogP contribution in [-0.2, 0) is 11.8 Å². The fourth-order valence-electron chi connectivity index (χ4n) is 0. The van der Waals surface area contributed by atoms with E-state index in [1.807, 2.05) is 0 Å². The molecule has 0 saturated heterocycles. The average Bonchev–Trinajstić information content (AvgIpc) is 1.37. The van der Waals surface area contributed by atoms with Gasteiger partial charge in [0.05, 0.1) is 0 Å². The first-order valence-electron chi connectivity index (χ1n) is 0.552. The Bertz CT molecular complexity index is 23.6. The second kappa shape index (κ2) is 9.56. The third-order valence-corrected chi connectivity index (χ3v) is 5.59. The van der Waals surface area contributed by atoms with Gasteiger partial charge < -0.3 is 28.0 Å². The van der Waals surface area contributed by atoms with E-state index in [4.69, 9.17) is 0 Å². The van der Waals surface area contributed by atoms with E-state index in [-0.39, 0.29) is 18.9 Å². The van der Waals surface area contributed by atoms with Crippen molar-refractivity contribution in [1.29, 1.82) is 0 Å². The molecule has 0 amide bonds. The van der Waals surface area contributed by atoms with Crippen molar-refractivity contribution in [3.8, 4) is 0 Å². The topological polar surface area (TPSA) is 0 Å². The molecule has 0 atom stereocenters. The van der Waals surface area contributed by atoms with Crippen LogP contribution in [0.5, 0.6) is 0 Å². The second-order valence-corrected chi connectivity index (χ2v) is 6.77. The Morgan fingerprint density at radius 1 is 1.80 bits per heavy atom. The molecule has 24 valence electrons. The number of hydrogen-bond donors (Lipinski definition) is 0. The van der Waals surface area contributed by atoms with Crippen LogP contribution in [0.2, 0.25) is 0 Å². The molecule has 0 heterocycles. The van der Waals surface area contributed by atoms with Gasteiger partial charge in [-0.05, 0) is 0 Å². The summed E-state index contributed by atoms with van der Waals surface area (Å²) in [6, 6.07) is 0. The molecule has 0 aliphatic rings. The Hall–Kier alpha value is 2.28. The molecule has 0 aromatic rings. The Labute approximate surface area is 65.0 Å². The zero-order chi connectivity index (χ0) is 3.41. The summed E-state index contributed by atoms with van der Waals surface area (Å²) in [6.45, 7) is 0. The SMILES string of the molecule is S=P[P-]I.[Li+]. The normalized spacial score (nSPS) is 9.00. The summed E-state index contributed by atoms with van der Waals surface area (Å²) < 4.78 is 0. The van der Waals surface area contributed by atoms with E-state index in [0.717, 1.165) is 7.04 Å². The summed E-state index contributed by atoms with van der Waals surface area (Å²) in [4.78, 5) is 0. The van der Waals surface area contributed by atoms with E-state index < -0.39 is 0 Å². The third kappa shape index (κ3) is 10.7. The van der Waals surface area contributed by atoms with Crippen molar-refractivity contribution in [2.75, 3.05) is 0 Å². The van der Waals surface area contributed by atoms with Gasteiger partial charge in [-0.25, -0.2) is 7.04 Å². The minimum absolute atomic E-state index is 0. The van der Waals surface area contributed by atoms with E-state index in [9.17, 15) is 0 Å². The van der Waals surface area contributed by atoms with Crippen molar-refractivity contribution in [3.63, 3.8) is 0 Å². The molecule has 0 aromatic heterocycles. The molecule has 0 N–H and O–H groups in total. The molecule has 0 rings (SSSR count). The van der Waals surface area contributed by atoms with E-state index in [0.29, 0.717) is 0 Å². The summed E-state index contributed by atoms with van der Waals surface area (Å²) in [5.74, 6) is 1.26. The largest absolute Gasteiger partial charge is 1.00 e. The number of hydrogen-bond acceptors (Lipinski definition) is 1. The maximum absolute atomic E-state index is 4.51. The van der Waals surface area contributed by atoms with Gasteiger partial charge in [-0.2, -0.15) is 0 Å². The van der Waals surface area contributed by atoms with E-state index in [2.05, 4.69) is 33.8 Å². The fraction of sp³-hybridized carbons (Fsp3) is 0. The van der Waals surface area contributed by atoms with Crippen LogP contribution in [0.25, 0.3) is 0 Å². The maximum Gasteiger partial charge on any atom is 1.00 e. The van der Waals surface area contributed by atoms with E-state index >= 15 is 0 Å². The molecule has 0 nitrogen and oxygen atoms in total. The quantitative estimate of drug-likeness (QED) is 0.334. The first kappa shape index (κ1) is 10.3. The number of halogens is 1. The maximum atomic E-state index is 4.51. The summed E-state index contributed by atoms with van der Waals surface area (Å²) in [6.07, 6.45) is 0. The van der Waals surface area contributed by atoms with Crippen molar-refractivity contribution in [2.24, 2.45) is 0 Å². The summed E-state index contributed by atoms with van der Waals surface area (Å²) in [5.41, 5.74) is 0. The van der Waals surface area contributed by atoms with Gasteiger partial charge in [0, 0.05) is 0 Å². The van der Waals surface area contributed by atoms with Crippen LogP contribution in [0.4, 0.5) is 0 Å². The molecule has 0 fully saturated rings. The van der Waals surface area contributed by atoms with Gasteiger partial charge in [-0.1, -0.05) is 11.8 Å². The molecule has 0 radical (unpaired) electrons. The van der Waals surface area contributed by atoms with Crippen LogP contribution in [0.15, 0.2) is 0 Å². The molecule has 0 spiro atoms. The Kier molecular flexibility index (Phi) is 19.7. The predicted molar refractivity (Wildman–Crippen MR) is 35.2 cm³/mol. The fourth-order valence-corrected chi connectivity index (χ4v) is 0. The minimum atomic E-state index is 0. The van der Waals surface area contributed by atoms with Crippen LogP contribution in [0.1, 0.15) is 0 Å². The van der Waals surface area contributed by atoms with Gasteiger partial charge in [0.1, 0.15) is 0 Å². The molecule has 0 unspecified atom stereocenters. The zero-order valence-electron chi connectivity index (χ0n) is 2.68. The van der Waals surface area contributed by atoms with Crippen molar-refractivity contribution < 1.29 is 18.9 Å². The molecule has 0 aromatic carbocycles. The molecular formula is ILiP2S. The second-order valence-electron chi connectivity index (χ2n) is 0.157. The Morgan fingerprint density at radius 2 is 2.00 bits per heavy atom. The third-order valence-electron chi connectivity index (χ3n) is 0.0309. The Balaban J connectivity index is 0. The molecule has 5 heteroatoms. The molecule has 5 heavy (non-hydrogen) atoms. The van der Waals surface area contributed by atoms with Gasteiger partial charge >= 0.3 is 18.9 Å². The van der Waals surface area contributed by atoms with Gasteiger partial charge in [0.25, 0.3) is 0 Å². The molecule has 0 aliphatic carbocycles. The van der Waals surface area contributed by atoms with Crippen molar-refractivity contribution in [1.82, 2.24) is 0 Å². The minimum Gasteiger partial charge on any atom is -0.391 e. The summed E-state index contributed by atoms with van der Waals surface area (Å²) in [7, 11) is 1.04. The van der Waals surface area contributed by atoms with Crippen molar-refractivity contribution in [2.45, 2.75) is 0 Å². The summed E-state index contributed by atoms with van der Waals surface area (Å²) in [5, 5.41) is 0. The van der Waals surface area contributed by atoms with Crippen LogP contribution in [-0.4, -0.2) is 0 Å². The average molecular weight is 228 g/mol. The number of rotatable bonds is 1. The Morgan fingerprint density at radius 3 is 2.00 bits per heavy atom. The molecular weight excluding hydrogens is 228 g/mol. The van der Waals surface area contributed by atoms with Gasteiger partial charge in [-0.3, -0.25) is 0 Å². The van der Waals surface area contributed by atoms with Gasteiger partial charge in [-0.15, -0.1) is 0 Å². The first-order chi connectivity index (χ1) is 1.91. The summed E-state index contributed by atoms with van der Waals surface area (Å²) >= 11 is 6.71. The zero-order valence-corrected chi connectivity index (χ0v) is 7.44. The molecule has 0 bridgehead atoms. The van der Waals surface area contributed by atoms with Gasteiger partial charge in [0.15, 0.2) is 0 Å². The van der Waals surface area contributed by atoms with Crippen molar-refractivity contribution >= 4 is 46.8 Å². The molecule has 0 saturated carbocycles. The smallest absolute Gasteiger partial charge is 0.391 e. The van der Waals surface area contributed by atoms with Crippen molar-refractivity contribution in [3.05, 3.63) is 0 Å². The standard InChI is InChI=1S/IP2S.Li/c1-2-3-4;/q-1;+1. The van der Waals surface area contributed by atoms with Gasteiger partial charge in [0.2, 0.25) is 0 Å².